The maximum atomic E-state index is 14.6. The van der Waals surface area contributed by atoms with E-state index in [2.05, 4.69) is 20.4 Å². The Bertz CT molecular complexity index is 1370. The number of anilines is 1. The second kappa shape index (κ2) is 6.94. The first-order valence-corrected chi connectivity index (χ1v) is 10.5. The van der Waals surface area contributed by atoms with Crippen molar-refractivity contribution in [2.24, 2.45) is 0 Å². The molecule has 3 aromatic heterocycles. The number of alkyl halides is 1. The molecular weight excluding hydrogens is 416 g/mol. The molecule has 3 heterocycles. The highest BCUT2D eigenvalue weighted by molar-refractivity contribution is 6.04. The molecule has 0 unspecified atom stereocenters. The van der Waals surface area contributed by atoms with Crippen molar-refractivity contribution in [3.8, 4) is 11.4 Å². The van der Waals surface area contributed by atoms with Crippen LogP contribution < -0.4 is 5.32 Å². The predicted octanol–water partition coefficient (Wildman–Crippen LogP) is 4.79. The third kappa shape index (κ3) is 3.24. The lowest BCUT2D eigenvalue weighted by Gasteiger charge is -2.11. The fourth-order valence-electron chi connectivity index (χ4n) is 3.87. The van der Waals surface area contributed by atoms with E-state index in [0.29, 0.717) is 34.9 Å². The first-order valence-electron chi connectivity index (χ1n) is 10.5. The van der Waals surface area contributed by atoms with Gasteiger partial charge in [0.1, 0.15) is 23.3 Å². The van der Waals surface area contributed by atoms with Crippen molar-refractivity contribution < 1.29 is 18.1 Å². The van der Waals surface area contributed by atoms with Crippen LogP contribution in [0.2, 0.25) is 0 Å². The predicted molar refractivity (Wildman–Crippen MR) is 112 cm³/mol. The normalized spacial score (nSPS) is 20.0. The lowest BCUT2D eigenvalue weighted by Crippen LogP contribution is -2.15. The molecule has 0 spiro atoms. The summed E-state index contributed by atoms with van der Waals surface area (Å²) in [5, 5.41) is 6.63. The Morgan fingerprint density at radius 2 is 2.09 bits per heavy atom. The second-order valence-electron chi connectivity index (χ2n) is 8.51. The minimum atomic E-state index is -0.973. The third-order valence-electron chi connectivity index (χ3n) is 6.13. The topological polar surface area (TPSA) is 85.3 Å². The van der Waals surface area contributed by atoms with Gasteiger partial charge in [-0.3, -0.25) is 9.20 Å². The summed E-state index contributed by atoms with van der Waals surface area (Å²) >= 11 is 0. The van der Waals surface area contributed by atoms with Crippen LogP contribution in [0.15, 0.2) is 41.2 Å². The highest BCUT2D eigenvalue weighted by atomic mass is 19.1. The maximum Gasteiger partial charge on any atom is 0.274 e. The Balaban J connectivity index is 1.31. The standard InChI is InChI=1S/C23H19F2N5O2/c1-11-16(24)6-14(21-28-23(32-29-21)15-8-17(15)25)7-18(11)27-22(31)19-9-26-20-5-4-13(10-30(19)20)12-2-3-12/h4-7,9-10,12,15,17H,2-3,8H2,1H3,(H,27,31)/t15-,17-/m0/s1. The molecule has 0 aliphatic heterocycles. The van der Waals surface area contributed by atoms with E-state index in [1.165, 1.54) is 17.8 Å². The molecule has 7 nitrogen and oxygen atoms in total. The summed E-state index contributed by atoms with van der Waals surface area (Å²) < 4.78 is 34.8. The molecule has 1 amide bonds. The van der Waals surface area contributed by atoms with Crippen molar-refractivity contribution in [2.45, 2.75) is 44.2 Å². The molecule has 0 radical (unpaired) electrons. The quantitative estimate of drug-likeness (QED) is 0.487. The Morgan fingerprint density at radius 1 is 1.28 bits per heavy atom. The van der Waals surface area contributed by atoms with Gasteiger partial charge in [0.05, 0.1) is 12.1 Å². The number of hydrogen-bond donors (Lipinski definition) is 1. The zero-order valence-electron chi connectivity index (χ0n) is 17.2. The van der Waals surface area contributed by atoms with E-state index in [1.807, 2.05) is 18.3 Å². The molecule has 162 valence electrons. The number of fused-ring (bicyclic) bond motifs is 1. The highest BCUT2D eigenvalue weighted by Crippen LogP contribution is 2.43. The molecule has 2 aliphatic rings. The van der Waals surface area contributed by atoms with E-state index in [1.54, 1.807) is 17.4 Å². The molecular formula is C23H19F2N5O2. The van der Waals surface area contributed by atoms with Crippen LogP contribution in [0.5, 0.6) is 0 Å². The maximum absolute atomic E-state index is 14.6. The lowest BCUT2D eigenvalue weighted by atomic mass is 10.1. The molecule has 4 aromatic rings. The molecule has 2 atom stereocenters. The molecule has 2 fully saturated rings. The summed E-state index contributed by atoms with van der Waals surface area (Å²) in [7, 11) is 0. The Labute approximate surface area is 181 Å². The Kier molecular flexibility index (Phi) is 4.14. The van der Waals surface area contributed by atoms with Crippen molar-refractivity contribution in [3.63, 3.8) is 0 Å². The van der Waals surface area contributed by atoms with Gasteiger partial charge in [0.15, 0.2) is 0 Å². The molecule has 0 saturated heterocycles. The Morgan fingerprint density at radius 3 is 2.84 bits per heavy atom. The van der Waals surface area contributed by atoms with Gasteiger partial charge in [-0.2, -0.15) is 4.98 Å². The van der Waals surface area contributed by atoms with E-state index in [-0.39, 0.29) is 23.2 Å². The number of pyridine rings is 1. The lowest BCUT2D eigenvalue weighted by molar-refractivity contribution is 0.102. The van der Waals surface area contributed by atoms with E-state index in [0.717, 1.165) is 12.8 Å². The van der Waals surface area contributed by atoms with E-state index >= 15 is 0 Å². The first kappa shape index (κ1) is 19.1. The summed E-state index contributed by atoms with van der Waals surface area (Å²) in [5.74, 6) is -0.422. The molecule has 9 heteroatoms. The van der Waals surface area contributed by atoms with Crippen LogP contribution in [-0.4, -0.2) is 31.6 Å². The summed E-state index contributed by atoms with van der Waals surface area (Å²) in [6.07, 6.45) is 5.13. The van der Waals surface area contributed by atoms with Gasteiger partial charge < -0.3 is 9.84 Å². The molecule has 0 bridgehead atoms. The highest BCUT2D eigenvalue weighted by Gasteiger charge is 2.43. The van der Waals surface area contributed by atoms with E-state index < -0.39 is 17.9 Å². The fourth-order valence-corrected chi connectivity index (χ4v) is 3.87. The minimum absolute atomic E-state index is 0.150. The van der Waals surface area contributed by atoms with Crippen molar-refractivity contribution in [2.75, 3.05) is 5.32 Å². The molecule has 1 N–H and O–H groups in total. The summed E-state index contributed by atoms with van der Waals surface area (Å²) in [4.78, 5) is 21.5. The SMILES string of the molecule is Cc1c(F)cc(-c2noc([C@H]3C[C@@H]3F)n2)cc1NC(=O)c1cnc2ccc(C3CC3)cn12. The Hall–Kier alpha value is -3.62. The number of imidazole rings is 1. The fraction of sp³-hybridized carbons (Fsp3) is 0.304. The van der Waals surface area contributed by atoms with Gasteiger partial charge in [0.25, 0.3) is 5.91 Å². The summed E-state index contributed by atoms with van der Waals surface area (Å²) in [5.41, 5.74) is 3.11. The van der Waals surface area contributed by atoms with Gasteiger partial charge in [-0.05, 0) is 55.9 Å². The van der Waals surface area contributed by atoms with Gasteiger partial charge in [-0.1, -0.05) is 11.2 Å². The van der Waals surface area contributed by atoms with Crippen LogP contribution in [0.3, 0.4) is 0 Å². The van der Waals surface area contributed by atoms with Gasteiger partial charge in [-0.25, -0.2) is 13.8 Å². The number of nitrogens with zero attached hydrogens (tertiary/aromatic N) is 4. The number of benzene rings is 1. The molecule has 2 aliphatic carbocycles. The smallest absolute Gasteiger partial charge is 0.274 e. The summed E-state index contributed by atoms with van der Waals surface area (Å²) in [6, 6.07) is 6.79. The van der Waals surface area contributed by atoms with Gasteiger partial charge in [0, 0.05) is 23.0 Å². The summed E-state index contributed by atoms with van der Waals surface area (Å²) in [6.45, 7) is 1.58. The largest absolute Gasteiger partial charge is 0.339 e. The number of aromatic nitrogens is 4. The van der Waals surface area contributed by atoms with Crippen LogP contribution >= 0.6 is 0 Å². The number of hydrogen-bond acceptors (Lipinski definition) is 5. The number of carbonyl (C=O) groups excluding carboxylic acids is 1. The van der Waals surface area contributed by atoms with Gasteiger partial charge >= 0.3 is 0 Å². The van der Waals surface area contributed by atoms with Crippen molar-refractivity contribution in [1.29, 1.82) is 0 Å². The average molecular weight is 435 g/mol. The van der Waals surface area contributed by atoms with Crippen LogP contribution in [0.25, 0.3) is 17.0 Å². The second-order valence-corrected chi connectivity index (χ2v) is 8.51. The van der Waals surface area contributed by atoms with Gasteiger partial charge in [-0.15, -0.1) is 0 Å². The van der Waals surface area contributed by atoms with Crippen LogP contribution in [0.1, 0.15) is 58.6 Å². The van der Waals surface area contributed by atoms with Crippen LogP contribution in [0, 0.1) is 12.7 Å². The van der Waals surface area contributed by atoms with Crippen molar-refractivity contribution >= 4 is 17.2 Å². The molecule has 32 heavy (non-hydrogen) atoms. The van der Waals surface area contributed by atoms with Crippen molar-refractivity contribution in [1.82, 2.24) is 19.5 Å². The minimum Gasteiger partial charge on any atom is -0.339 e. The number of halogens is 2. The van der Waals surface area contributed by atoms with Crippen molar-refractivity contribution in [3.05, 3.63) is 65.2 Å². The number of amides is 1. The number of nitrogens with one attached hydrogen (secondary N) is 1. The monoisotopic (exact) mass is 435 g/mol. The zero-order valence-corrected chi connectivity index (χ0v) is 17.2. The third-order valence-corrected chi connectivity index (χ3v) is 6.13. The zero-order chi connectivity index (χ0) is 22.0. The molecule has 2 saturated carbocycles. The van der Waals surface area contributed by atoms with Crippen LogP contribution in [0.4, 0.5) is 14.5 Å². The average Bonchev–Trinajstić information content (AvgIpc) is 3.66. The van der Waals surface area contributed by atoms with Gasteiger partial charge in [0.2, 0.25) is 11.7 Å². The van der Waals surface area contributed by atoms with Crippen LogP contribution in [-0.2, 0) is 0 Å². The number of carbonyl (C=O) groups is 1. The first-order chi connectivity index (χ1) is 15.5. The molecule has 6 rings (SSSR count). The molecule has 1 aromatic carbocycles. The van der Waals surface area contributed by atoms with E-state index in [9.17, 15) is 13.6 Å². The number of rotatable bonds is 5. The van der Waals surface area contributed by atoms with E-state index in [4.69, 9.17) is 4.52 Å².